The molecule has 1 heterocycles. The van der Waals surface area contributed by atoms with Crippen LogP contribution in [0.15, 0.2) is 0 Å². The molecule has 1 rings (SSSR count). The van der Waals surface area contributed by atoms with Crippen LogP contribution in [0.2, 0.25) is 0 Å². The van der Waals surface area contributed by atoms with Crippen LogP contribution in [-0.4, -0.2) is 36.0 Å². The molecule has 1 aliphatic rings. The third kappa shape index (κ3) is 2.90. The maximum absolute atomic E-state index is 11.1. The van der Waals surface area contributed by atoms with E-state index in [4.69, 9.17) is 5.73 Å². The van der Waals surface area contributed by atoms with Gasteiger partial charge in [-0.25, -0.2) is 4.79 Å². The number of nitrogens with zero attached hydrogens (tertiary/aromatic N) is 1. The number of urea groups is 1. The largest absolute Gasteiger partial charge is 0.353 e. The second-order valence-corrected chi connectivity index (χ2v) is 3.52. The molecular weight excluding hydrogens is 182 g/mol. The lowest BCUT2D eigenvalue weighted by Gasteiger charge is -2.31. The van der Waals surface area contributed by atoms with Gasteiger partial charge >= 0.3 is 6.03 Å². The molecule has 0 aromatic carbocycles. The molecule has 1 saturated heterocycles. The van der Waals surface area contributed by atoms with Crippen molar-refractivity contribution in [3.63, 3.8) is 0 Å². The van der Waals surface area contributed by atoms with Gasteiger partial charge in [0.2, 0.25) is 5.91 Å². The summed E-state index contributed by atoms with van der Waals surface area (Å²) in [5.74, 6) is 0.0718. The van der Waals surface area contributed by atoms with Crippen molar-refractivity contribution in [3.8, 4) is 0 Å². The van der Waals surface area contributed by atoms with E-state index >= 15 is 0 Å². The van der Waals surface area contributed by atoms with Gasteiger partial charge in [0.25, 0.3) is 0 Å². The molecule has 0 saturated carbocycles. The molecule has 0 aromatic heterocycles. The van der Waals surface area contributed by atoms with E-state index < -0.39 is 0 Å². The van der Waals surface area contributed by atoms with Crippen LogP contribution in [0.25, 0.3) is 0 Å². The maximum atomic E-state index is 11.1. The van der Waals surface area contributed by atoms with Crippen molar-refractivity contribution < 1.29 is 9.59 Å². The second kappa shape index (κ2) is 4.83. The smallest absolute Gasteiger partial charge is 0.314 e. The lowest BCUT2D eigenvalue weighted by atomic mass is 10.1. The number of nitrogens with two attached hydrogens (primary N) is 1. The van der Waals surface area contributed by atoms with Gasteiger partial charge in [0.05, 0.1) is 0 Å². The van der Waals surface area contributed by atoms with E-state index in [-0.39, 0.29) is 18.0 Å². The first-order chi connectivity index (χ1) is 6.63. The van der Waals surface area contributed by atoms with Gasteiger partial charge < -0.3 is 16.0 Å². The minimum atomic E-state index is -0.370. The number of carbonyl (C=O) groups excluding carboxylic acids is 2. The summed E-state index contributed by atoms with van der Waals surface area (Å²) in [5.41, 5.74) is 5.14. The Kier molecular flexibility index (Phi) is 3.73. The zero-order chi connectivity index (χ0) is 10.6. The molecule has 0 aliphatic carbocycles. The Labute approximate surface area is 83.6 Å². The summed E-state index contributed by atoms with van der Waals surface area (Å²) in [6.45, 7) is 3.11. The van der Waals surface area contributed by atoms with Crippen molar-refractivity contribution in [3.05, 3.63) is 0 Å². The average molecular weight is 199 g/mol. The third-order valence-corrected chi connectivity index (χ3v) is 2.49. The molecule has 0 spiro atoms. The highest BCUT2D eigenvalue weighted by atomic mass is 16.2. The lowest BCUT2D eigenvalue weighted by Crippen LogP contribution is -2.48. The van der Waals surface area contributed by atoms with Crippen LogP contribution in [0.3, 0.4) is 0 Å². The van der Waals surface area contributed by atoms with Crippen LogP contribution in [-0.2, 0) is 4.79 Å². The Balaban J connectivity index is 2.29. The number of hydrogen-bond donors (Lipinski definition) is 2. The molecule has 3 amide bonds. The molecule has 3 N–H and O–H groups in total. The van der Waals surface area contributed by atoms with Crippen molar-refractivity contribution in [2.24, 2.45) is 5.73 Å². The van der Waals surface area contributed by atoms with Gasteiger partial charge in [0.15, 0.2) is 0 Å². The van der Waals surface area contributed by atoms with Gasteiger partial charge in [-0.2, -0.15) is 0 Å². The molecule has 0 radical (unpaired) electrons. The fourth-order valence-corrected chi connectivity index (χ4v) is 1.57. The van der Waals surface area contributed by atoms with Crippen molar-refractivity contribution in [1.29, 1.82) is 0 Å². The molecule has 5 heteroatoms. The summed E-state index contributed by atoms with van der Waals surface area (Å²) in [6, 6.07) is -0.164. The van der Waals surface area contributed by atoms with Gasteiger partial charge in [-0.15, -0.1) is 0 Å². The fraction of sp³-hybridized carbons (Fsp3) is 0.778. The normalized spacial score (nSPS) is 17.9. The Morgan fingerprint density at radius 2 is 2.00 bits per heavy atom. The summed E-state index contributed by atoms with van der Waals surface area (Å²) in [5, 5.41) is 2.91. The standard InChI is InChI=1S/C9H17N3O2/c1-2-8(13)11-7-3-5-12(6-4-7)9(10)14/h7H,2-6H2,1H3,(H2,10,14)(H,11,13). The minimum Gasteiger partial charge on any atom is -0.353 e. The lowest BCUT2D eigenvalue weighted by molar-refractivity contribution is -0.121. The predicted octanol–water partition coefficient (Wildman–Crippen LogP) is 0.0557. The number of rotatable bonds is 2. The maximum Gasteiger partial charge on any atom is 0.314 e. The van der Waals surface area contributed by atoms with Crippen molar-refractivity contribution in [2.75, 3.05) is 13.1 Å². The van der Waals surface area contributed by atoms with Gasteiger partial charge in [0, 0.05) is 25.6 Å². The quantitative estimate of drug-likeness (QED) is 0.659. The van der Waals surface area contributed by atoms with Crippen LogP contribution in [0.5, 0.6) is 0 Å². The Bertz CT molecular complexity index is 222. The van der Waals surface area contributed by atoms with Crippen molar-refractivity contribution >= 4 is 11.9 Å². The summed E-state index contributed by atoms with van der Waals surface area (Å²) in [7, 11) is 0. The van der Waals surface area contributed by atoms with E-state index in [1.165, 1.54) is 0 Å². The monoisotopic (exact) mass is 199 g/mol. The molecule has 0 unspecified atom stereocenters. The highest BCUT2D eigenvalue weighted by Gasteiger charge is 2.21. The van der Waals surface area contributed by atoms with Gasteiger partial charge in [0.1, 0.15) is 0 Å². The number of amides is 3. The highest BCUT2D eigenvalue weighted by Crippen LogP contribution is 2.09. The summed E-state index contributed by atoms with van der Waals surface area (Å²) in [4.78, 5) is 23.5. The second-order valence-electron chi connectivity index (χ2n) is 3.52. The van der Waals surface area contributed by atoms with Gasteiger partial charge in [-0.05, 0) is 12.8 Å². The zero-order valence-corrected chi connectivity index (χ0v) is 8.45. The molecule has 0 bridgehead atoms. The van der Waals surface area contributed by atoms with E-state index in [0.29, 0.717) is 19.5 Å². The average Bonchev–Trinajstić information content (AvgIpc) is 2.18. The topological polar surface area (TPSA) is 75.4 Å². The first kappa shape index (κ1) is 10.8. The number of piperidine rings is 1. The summed E-state index contributed by atoms with van der Waals surface area (Å²) >= 11 is 0. The highest BCUT2D eigenvalue weighted by molar-refractivity contribution is 5.76. The molecule has 1 fully saturated rings. The molecule has 0 atom stereocenters. The minimum absolute atomic E-state index is 0.0718. The van der Waals surface area contributed by atoms with Gasteiger partial charge in [-0.3, -0.25) is 4.79 Å². The first-order valence-corrected chi connectivity index (χ1v) is 4.97. The van der Waals surface area contributed by atoms with Crippen LogP contribution in [0.4, 0.5) is 4.79 Å². The summed E-state index contributed by atoms with van der Waals surface area (Å²) in [6.07, 6.45) is 2.11. The van der Waals surface area contributed by atoms with E-state index in [1.807, 2.05) is 6.92 Å². The third-order valence-electron chi connectivity index (χ3n) is 2.49. The van der Waals surface area contributed by atoms with E-state index in [9.17, 15) is 9.59 Å². The summed E-state index contributed by atoms with van der Waals surface area (Å²) < 4.78 is 0. The van der Waals surface area contributed by atoms with Crippen molar-refractivity contribution in [2.45, 2.75) is 32.2 Å². The number of nitrogens with one attached hydrogen (secondary N) is 1. The van der Waals surface area contributed by atoms with Crippen molar-refractivity contribution in [1.82, 2.24) is 10.2 Å². The Morgan fingerprint density at radius 3 is 2.43 bits per heavy atom. The molecule has 1 aliphatic heterocycles. The van der Waals surface area contributed by atoms with E-state index in [0.717, 1.165) is 12.8 Å². The first-order valence-electron chi connectivity index (χ1n) is 4.97. The number of hydrogen-bond acceptors (Lipinski definition) is 2. The predicted molar refractivity (Wildman–Crippen MR) is 52.6 cm³/mol. The SMILES string of the molecule is CCC(=O)NC1CCN(C(N)=O)CC1. The van der Waals surface area contributed by atoms with Crippen LogP contribution < -0.4 is 11.1 Å². The van der Waals surface area contributed by atoms with Gasteiger partial charge in [-0.1, -0.05) is 6.92 Å². The molecule has 80 valence electrons. The van der Waals surface area contributed by atoms with E-state index in [2.05, 4.69) is 5.32 Å². The molecule has 5 nitrogen and oxygen atoms in total. The van der Waals surface area contributed by atoms with E-state index in [1.54, 1.807) is 4.90 Å². The number of carbonyl (C=O) groups is 2. The zero-order valence-electron chi connectivity index (χ0n) is 8.45. The Morgan fingerprint density at radius 1 is 1.43 bits per heavy atom. The van der Waals surface area contributed by atoms with Crippen LogP contribution >= 0.6 is 0 Å². The fourth-order valence-electron chi connectivity index (χ4n) is 1.57. The molecule has 0 aromatic rings. The van der Waals surface area contributed by atoms with Crippen LogP contribution in [0.1, 0.15) is 26.2 Å². The molecule has 14 heavy (non-hydrogen) atoms. The number of likely N-dealkylation sites (tertiary alicyclic amines) is 1. The van der Waals surface area contributed by atoms with Crippen LogP contribution in [0, 0.1) is 0 Å². The Hall–Kier alpha value is -1.26. The number of primary amides is 1. The molecular formula is C9H17N3O2.